The van der Waals surface area contributed by atoms with Crippen molar-refractivity contribution in [1.29, 1.82) is 0 Å². The maximum atomic E-state index is 12.7. The fourth-order valence-corrected chi connectivity index (χ4v) is 2.28. The Hall–Kier alpha value is -1.89. The molecule has 0 unspecified atom stereocenters. The molecule has 0 aliphatic rings. The van der Waals surface area contributed by atoms with Gasteiger partial charge in [-0.05, 0) is 24.3 Å². The van der Waals surface area contributed by atoms with E-state index in [0.29, 0.717) is 0 Å². The molecule has 2 rings (SSSR count). The smallest absolute Gasteiger partial charge is 0.263 e. The van der Waals surface area contributed by atoms with Gasteiger partial charge >= 0.3 is 0 Å². The molecule has 2 aromatic rings. The van der Waals surface area contributed by atoms with Crippen LogP contribution in [0.5, 0.6) is 0 Å². The third kappa shape index (κ3) is 2.62. The largest absolute Gasteiger partial charge is 0.274 e. The third-order valence-corrected chi connectivity index (χ3v) is 3.45. The third-order valence-electron chi connectivity index (χ3n) is 2.08. The number of sulfonamides is 1. The van der Waals surface area contributed by atoms with Gasteiger partial charge in [0.05, 0.1) is 4.90 Å². The number of anilines is 1. The lowest BCUT2D eigenvalue weighted by molar-refractivity contribution is 0.599. The van der Waals surface area contributed by atoms with E-state index in [1.807, 2.05) is 0 Å². The lowest BCUT2D eigenvalue weighted by Crippen LogP contribution is -2.13. The second-order valence-electron chi connectivity index (χ2n) is 3.43. The number of halogens is 1. The lowest BCUT2D eigenvalue weighted by Gasteiger charge is -2.04. The number of hydrogen-bond acceptors (Lipinski definition) is 3. The molecule has 0 aliphatic carbocycles. The molecule has 0 spiro atoms. The lowest BCUT2D eigenvalue weighted by atomic mass is 10.4. The molecule has 90 valence electrons. The zero-order chi connectivity index (χ0) is 12.5. The summed E-state index contributed by atoms with van der Waals surface area (Å²) in [6, 6.07) is 6.10. The van der Waals surface area contributed by atoms with E-state index in [-0.39, 0.29) is 10.7 Å². The van der Waals surface area contributed by atoms with Crippen LogP contribution >= 0.6 is 0 Å². The van der Waals surface area contributed by atoms with Crippen LogP contribution < -0.4 is 4.72 Å². The number of aromatic nitrogens is 2. The van der Waals surface area contributed by atoms with Crippen molar-refractivity contribution in [1.82, 2.24) is 9.78 Å². The highest BCUT2D eigenvalue weighted by atomic mass is 32.2. The topological polar surface area (TPSA) is 64.0 Å². The number of aryl methyl sites for hydroxylation is 1. The SMILES string of the molecule is Cn1ccc(NS(=O)(=O)c2ccc(F)cc2)n1. The number of rotatable bonds is 3. The molecular formula is C10H10FN3O2S. The monoisotopic (exact) mass is 255 g/mol. The molecule has 0 aliphatic heterocycles. The van der Waals surface area contributed by atoms with Crippen molar-refractivity contribution >= 4 is 15.8 Å². The molecule has 1 aromatic carbocycles. The minimum absolute atomic E-state index is 0.00967. The molecule has 0 fully saturated rings. The predicted molar refractivity (Wildman–Crippen MR) is 60.4 cm³/mol. The van der Waals surface area contributed by atoms with Crippen LogP contribution in [0.4, 0.5) is 10.2 Å². The van der Waals surface area contributed by atoms with Crippen molar-refractivity contribution in [3.63, 3.8) is 0 Å². The van der Waals surface area contributed by atoms with Gasteiger partial charge in [-0.2, -0.15) is 5.10 Å². The molecule has 1 aromatic heterocycles. The van der Waals surface area contributed by atoms with Gasteiger partial charge in [0.15, 0.2) is 5.82 Å². The maximum absolute atomic E-state index is 12.7. The summed E-state index contributed by atoms with van der Waals surface area (Å²) in [5.41, 5.74) is 0. The molecule has 7 heteroatoms. The molecule has 0 bridgehead atoms. The number of benzene rings is 1. The number of nitrogens with zero attached hydrogens (tertiary/aromatic N) is 2. The Balaban J connectivity index is 2.28. The molecule has 0 amide bonds. The summed E-state index contributed by atoms with van der Waals surface area (Å²) in [5.74, 6) is -0.265. The zero-order valence-corrected chi connectivity index (χ0v) is 9.78. The molecule has 5 nitrogen and oxygen atoms in total. The van der Waals surface area contributed by atoms with Crippen LogP contribution in [0.1, 0.15) is 0 Å². The van der Waals surface area contributed by atoms with Crippen molar-refractivity contribution in [3.8, 4) is 0 Å². The first-order chi connectivity index (χ1) is 7.97. The van der Waals surface area contributed by atoms with Crippen LogP contribution in [-0.4, -0.2) is 18.2 Å². The summed E-state index contributed by atoms with van der Waals surface area (Å²) in [5, 5.41) is 3.89. The van der Waals surface area contributed by atoms with Crippen molar-refractivity contribution in [2.45, 2.75) is 4.90 Å². The van der Waals surface area contributed by atoms with Crippen LogP contribution in [-0.2, 0) is 17.1 Å². The normalized spacial score (nSPS) is 11.4. The van der Waals surface area contributed by atoms with Crippen LogP contribution in [0.3, 0.4) is 0 Å². The van der Waals surface area contributed by atoms with E-state index in [9.17, 15) is 12.8 Å². The second kappa shape index (κ2) is 4.17. The van der Waals surface area contributed by atoms with Gasteiger partial charge in [-0.1, -0.05) is 0 Å². The molecule has 0 saturated heterocycles. The Morgan fingerprint density at radius 2 is 1.88 bits per heavy atom. The minimum Gasteiger partial charge on any atom is -0.274 e. The number of nitrogens with one attached hydrogen (secondary N) is 1. The van der Waals surface area contributed by atoms with Crippen LogP contribution in [0, 0.1) is 5.82 Å². The van der Waals surface area contributed by atoms with Gasteiger partial charge in [0.25, 0.3) is 10.0 Å². The van der Waals surface area contributed by atoms with E-state index in [2.05, 4.69) is 9.82 Å². The molecule has 0 atom stereocenters. The fourth-order valence-electron chi connectivity index (χ4n) is 1.28. The Morgan fingerprint density at radius 1 is 1.24 bits per heavy atom. The molecule has 0 radical (unpaired) electrons. The highest BCUT2D eigenvalue weighted by Gasteiger charge is 2.15. The van der Waals surface area contributed by atoms with E-state index >= 15 is 0 Å². The van der Waals surface area contributed by atoms with Crippen molar-refractivity contribution in [2.24, 2.45) is 7.05 Å². The van der Waals surface area contributed by atoms with Gasteiger partial charge in [0, 0.05) is 19.3 Å². The first-order valence-corrected chi connectivity index (χ1v) is 6.24. The van der Waals surface area contributed by atoms with Crippen molar-refractivity contribution in [2.75, 3.05) is 4.72 Å². The number of hydrogen-bond donors (Lipinski definition) is 1. The Labute approximate surface area is 97.9 Å². The summed E-state index contributed by atoms with van der Waals surface area (Å²) in [6.45, 7) is 0. The van der Waals surface area contributed by atoms with Crippen molar-refractivity contribution in [3.05, 3.63) is 42.3 Å². The first-order valence-electron chi connectivity index (χ1n) is 4.75. The van der Waals surface area contributed by atoms with E-state index in [0.717, 1.165) is 12.1 Å². The maximum Gasteiger partial charge on any atom is 0.263 e. The standard InChI is InChI=1S/C10H10FN3O2S/c1-14-7-6-10(12-14)13-17(15,16)9-4-2-8(11)3-5-9/h2-7H,1H3,(H,12,13). The quantitative estimate of drug-likeness (QED) is 0.900. The first kappa shape index (κ1) is 11.6. The zero-order valence-electron chi connectivity index (χ0n) is 8.96. The van der Waals surface area contributed by atoms with E-state index in [1.165, 1.54) is 22.9 Å². The van der Waals surface area contributed by atoms with E-state index < -0.39 is 15.8 Å². The average Bonchev–Trinajstić information content (AvgIpc) is 2.63. The highest BCUT2D eigenvalue weighted by molar-refractivity contribution is 7.92. The van der Waals surface area contributed by atoms with Gasteiger partial charge in [-0.25, -0.2) is 12.8 Å². The summed E-state index contributed by atoms with van der Waals surface area (Å²) < 4.78 is 40.1. The summed E-state index contributed by atoms with van der Waals surface area (Å²) in [6.07, 6.45) is 1.61. The van der Waals surface area contributed by atoms with Gasteiger partial charge in [0.2, 0.25) is 0 Å². The second-order valence-corrected chi connectivity index (χ2v) is 5.12. The van der Waals surface area contributed by atoms with Crippen LogP contribution in [0.15, 0.2) is 41.4 Å². The Bertz CT molecular complexity index is 619. The van der Waals surface area contributed by atoms with E-state index in [4.69, 9.17) is 0 Å². The molecule has 1 heterocycles. The van der Waals surface area contributed by atoms with Crippen LogP contribution in [0.2, 0.25) is 0 Å². The Morgan fingerprint density at radius 3 is 2.41 bits per heavy atom. The van der Waals surface area contributed by atoms with Gasteiger partial charge < -0.3 is 0 Å². The van der Waals surface area contributed by atoms with Gasteiger partial charge in [-0.15, -0.1) is 0 Å². The summed E-state index contributed by atoms with van der Waals surface area (Å²) in [7, 11) is -2.03. The molecule has 17 heavy (non-hydrogen) atoms. The fraction of sp³-hybridized carbons (Fsp3) is 0.100. The van der Waals surface area contributed by atoms with Crippen molar-refractivity contribution < 1.29 is 12.8 Å². The molecular weight excluding hydrogens is 245 g/mol. The summed E-state index contributed by atoms with van der Waals surface area (Å²) in [4.78, 5) is -0.00967. The Kier molecular flexibility index (Phi) is 2.84. The van der Waals surface area contributed by atoms with E-state index in [1.54, 1.807) is 13.2 Å². The van der Waals surface area contributed by atoms with Crippen LogP contribution in [0.25, 0.3) is 0 Å². The summed E-state index contributed by atoms with van der Waals surface area (Å²) >= 11 is 0. The molecule has 0 saturated carbocycles. The molecule has 1 N–H and O–H groups in total. The van der Waals surface area contributed by atoms with Gasteiger partial charge in [0.1, 0.15) is 5.82 Å². The van der Waals surface area contributed by atoms with Gasteiger partial charge in [-0.3, -0.25) is 9.40 Å². The minimum atomic E-state index is -3.71. The predicted octanol–water partition coefficient (Wildman–Crippen LogP) is 1.36. The average molecular weight is 255 g/mol. The highest BCUT2D eigenvalue weighted by Crippen LogP contribution is 2.14.